The fourth-order valence-corrected chi connectivity index (χ4v) is 1.16. The van der Waals surface area contributed by atoms with Crippen LogP contribution in [-0.4, -0.2) is 10.7 Å². The van der Waals surface area contributed by atoms with Gasteiger partial charge >= 0.3 is 0 Å². The Labute approximate surface area is 59.6 Å². The zero-order valence-electron chi connectivity index (χ0n) is 5.83. The van der Waals surface area contributed by atoms with Crippen molar-refractivity contribution >= 4 is 11.5 Å². The predicted octanol–water partition coefficient (Wildman–Crippen LogP) is 1.73. The summed E-state index contributed by atoms with van der Waals surface area (Å²) in [4.78, 5) is 8.38. The maximum Gasteiger partial charge on any atom is 0.155 e. The van der Waals surface area contributed by atoms with Gasteiger partial charge in [-0.05, 0) is 13.0 Å². The van der Waals surface area contributed by atoms with Crippen LogP contribution in [0, 0.1) is 0 Å². The van der Waals surface area contributed by atoms with Crippen LogP contribution < -0.4 is 0 Å². The quantitative estimate of drug-likeness (QED) is 0.527. The van der Waals surface area contributed by atoms with Crippen molar-refractivity contribution < 1.29 is 0 Å². The third-order valence-electron chi connectivity index (χ3n) is 1.61. The van der Waals surface area contributed by atoms with Crippen molar-refractivity contribution in [3.8, 4) is 0 Å². The molecule has 0 radical (unpaired) electrons. The Kier molecular flexibility index (Phi) is 1.07. The normalized spacial score (nSPS) is 14.7. The Morgan fingerprint density at radius 1 is 1.50 bits per heavy atom. The van der Waals surface area contributed by atoms with E-state index in [4.69, 9.17) is 0 Å². The van der Waals surface area contributed by atoms with Crippen molar-refractivity contribution in [1.82, 2.24) is 4.98 Å². The molecular weight excluding hydrogens is 124 g/mol. The van der Waals surface area contributed by atoms with Gasteiger partial charge in [0.1, 0.15) is 0 Å². The average molecular weight is 132 g/mol. The maximum absolute atomic E-state index is 4.26. The molecule has 0 fully saturated rings. The standard InChI is InChI=1S/C8H8N2/c1-6-5-7-3-2-4-9-8(7)10-6/h2-4H,5H2,1H3. The van der Waals surface area contributed by atoms with E-state index in [2.05, 4.69) is 16.0 Å². The van der Waals surface area contributed by atoms with E-state index < -0.39 is 0 Å². The molecule has 0 bridgehead atoms. The Balaban J connectivity index is 2.54. The third kappa shape index (κ3) is 0.727. The largest absolute Gasteiger partial charge is 0.238 e. The van der Waals surface area contributed by atoms with Gasteiger partial charge < -0.3 is 0 Å². The number of rotatable bonds is 0. The Morgan fingerprint density at radius 3 is 3.20 bits per heavy atom. The van der Waals surface area contributed by atoms with Crippen LogP contribution in [0.4, 0.5) is 5.82 Å². The molecule has 0 N–H and O–H groups in total. The Bertz CT molecular complexity index is 289. The summed E-state index contributed by atoms with van der Waals surface area (Å²) in [5.41, 5.74) is 2.41. The lowest BCUT2D eigenvalue weighted by atomic mass is 10.2. The van der Waals surface area contributed by atoms with E-state index in [0.29, 0.717) is 0 Å². The molecule has 0 spiro atoms. The molecule has 0 aliphatic carbocycles. The van der Waals surface area contributed by atoms with E-state index in [1.165, 1.54) is 5.56 Å². The van der Waals surface area contributed by atoms with Crippen LogP contribution in [0.15, 0.2) is 23.3 Å². The monoisotopic (exact) mass is 132 g/mol. The summed E-state index contributed by atoms with van der Waals surface area (Å²) >= 11 is 0. The Morgan fingerprint density at radius 2 is 2.40 bits per heavy atom. The highest BCUT2D eigenvalue weighted by Gasteiger charge is 2.09. The fraction of sp³-hybridized carbons (Fsp3) is 0.250. The zero-order chi connectivity index (χ0) is 6.97. The summed E-state index contributed by atoms with van der Waals surface area (Å²) in [5.74, 6) is 0.903. The molecular formula is C8H8N2. The van der Waals surface area contributed by atoms with E-state index in [1.54, 1.807) is 6.20 Å². The zero-order valence-corrected chi connectivity index (χ0v) is 5.83. The lowest BCUT2D eigenvalue weighted by Crippen LogP contribution is -1.87. The van der Waals surface area contributed by atoms with E-state index in [0.717, 1.165) is 18.0 Å². The SMILES string of the molecule is CC1=Nc2ncccc2C1. The first-order chi connectivity index (χ1) is 4.86. The number of hydrogen-bond donors (Lipinski definition) is 0. The highest BCUT2D eigenvalue weighted by molar-refractivity contribution is 5.90. The van der Waals surface area contributed by atoms with E-state index in [9.17, 15) is 0 Å². The average Bonchev–Trinajstić information content (AvgIpc) is 2.27. The molecule has 1 aromatic rings. The summed E-state index contributed by atoms with van der Waals surface area (Å²) in [5, 5.41) is 0. The van der Waals surface area contributed by atoms with E-state index in [1.807, 2.05) is 13.0 Å². The number of fused-ring (bicyclic) bond motifs is 1. The lowest BCUT2D eigenvalue weighted by molar-refractivity contribution is 1.25. The van der Waals surface area contributed by atoms with E-state index in [-0.39, 0.29) is 0 Å². The number of hydrogen-bond acceptors (Lipinski definition) is 2. The molecule has 2 heterocycles. The van der Waals surface area contributed by atoms with Gasteiger partial charge in [0.25, 0.3) is 0 Å². The molecule has 0 saturated heterocycles. The highest BCUT2D eigenvalue weighted by atomic mass is 14.9. The summed E-state index contributed by atoms with van der Waals surface area (Å²) in [6.07, 6.45) is 2.75. The first-order valence-corrected chi connectivity index (χ1v) is 3.34. The molecule has 10 heavy (non-hydrogen) atoms. The van der Waals surface area contributed by atoms with Gasteiger partial charge in [0.2, 0.25) is 0 Å². The Hall–Kier alpha value is -1.18. The summed E-state index contributed by atoms with van der Waals surface area (Å²) in [6.45, 7) is 2.03. The van der Waals surface area contributed by atoms with Crippen LogP contribution >= 0.6 is 0 Å². The predicted molar refractivity (Wildman–Crippen MR) is 40.7 cm³/mol. The van der Waals surface area contributed by atoms with Crippen LogP contribution in [0.3, 0.4) is 0 Å². The summed E-state index contributed by atoms with van der Waals surface area (Å²) in [6, 6.07) is 4.02. The minimum Gasteiger partial charge on any atom is -0.238 e. The van der Waals surface area contributed by atoms with Gasteiger partial charge in [-0.25, -0.2) is 9.98 Å². The molecule has 50 valence electrons. The fourth-order valence-electron chi connectivity index (χ4n) is 1.16. The molecule has 1 aromatic heterocycles. The van der Waals surface area contributed by atoms with Crippen molar-refractivity contribution in [3.05, 3.63) is 23.9 Å². The van der Waals surface area contributed by atoms with Crippen LogP contribution in [0.2, 0.25) is 0 Å². The number of nitrogens with zero attached hydrogens (tertiary/aromatic N) is 2. The van der Waals surface area contributed by atoms with Crippen molar-refractivity contribution in [2.45, 2.75) is 13.3 Å². The summed E-state index contributed by atoms with van der Waals surface area (Å²) in [7, 11) is 0. The second-order valence-corrected chi connectivity index (χ2v) is 2.51. The molecule has 2 rings (SSSR count). The first-order valence-electron chi connectivity index (χ1n) is 3.34. The van der Waals surface area contributed by atoms with Gasteiger partial charge in [-0.1, -0.05) is 6.07 Å². The van der Waals surface area contributed by atoms with Crippen LogP contribution in [0.5, 0.6) is 0 Å². The number of pyridine rings is 1. The molecule has 1 aliphatic heterocycles. The van der Waals surface area contributed by atoms with Crippen LogP contribution in [0.25, 0.3) is 0 Å². The van der Waals surface area contributed by atoms with Crippen molar-refractivity contribution in [2.24, 2.45) is 4.99 Å². The van der Waals surface area contributed by atoms with Gasteiger partial charge in [0.05, 0.1) is 0 Å². The highest BCUT2D eigenvalue weighted by Crippen LogP contribution is 2.22. The van der Waals surface area contributed by atoms with E-state index >= 15 is 0 Å². The third-order valence-corrected chi connectivity index (χ3v) is 1.61. The molecule has 0 aromatic carbocycles. The van der Waals surface area contributed by atoms with Crippen LogP contribution in [-0.2, 0) is 6.42 Å². The van der Waals surface area contributed by atoms with Gasteiger partial charge in [0, 0.05) is 23.9 Å². The number of aromatic nitrogens is 1. The van der Waals surface area contributed by atoms with Crippen molar-refractivity contribution in [2.75, 3.05) is 0 Å². The first kappa shape index (κ1) is 5.59. The number of aliphatic imine (C=N–C) groups is 1. The van der Waals surface area contributed by atoms with Crippen molar-refractivity contribution in [1.29, 1.82) is 0 Å². The van der Waals surface area contributed by atoms with Gasteiger partial charge in [-0.3, -0.25) is 0 Å². The van der Waals surface area contributed by atoms with Gasteiger partial charge in [-0.2, -0.15) is 0 Å². The second-order valence-electron chi connectivity index (χ2n) is 2.51. The van der Waals surface area contributed by atoms with Crippen molar-refractivity contribution in [3.63, 3.8) is 0 Å². The molecule has 1 aliphatic rings. The second kappa shape index (κ2) is 1.90. The van der Waals surface area contributed by atoms with Gasteiger partial charge in [-0.15, -0.1) is 0 Å². The molecule has 2 nitrogen and oxygen atoms in total. The molecule has 0 unspecified atom stereocenters. The molecule has 0 saturated carbocycles. The molecule has 0 atom stereocenters. The van der Waals surface area contributed by atoms with Gasteiger partial charge in [0.15, 0.2) is 5.82 Å². The minimum absolute atomic E-state index is 0.903. The minimum atomic E-state index is 0.903. The van der Waals surface area contributed by atoms with Crippen LogP contribution in [0.1, 0.15) is 12.5 Å². The summed E-state index contributed by atoms with van der Waals surface area (Å²) < 4.78 is 0. The lowest BCUT2D eigenvalue weighted by Gasteiger charge is -1.90. The molecule has 0 amide bonds. The topological polar surface area (TPSA) is 25.2 Å². The maximum atomic E-state index is 4.26. The smallest absolute Gasteiger partial charge is 0.155 e. The molecule has 2 heteroatoms.